The molecule has 39 heavy (non-hydrogen) atoms. The predicted octanol–water partition coefficient (Wildman–Crippen LogP) is 3.30. The number of alkyl halides is 3. The Morgan fingerprint density at radius 1 is 1.08 bits per heavy atom. The number of imidazole rings is 1. The first-order valence-corrected chi connectivity index (χ1v) is 11.6. The maximum absolute atomic E-state index is 13.9. The second-order valence-electron chi connectivity index (χ2n) is 8.50. The number of rotatable bonds is 8. The lowest BCUT2D eigenvalue weighted by molar-refractivity contribution is -0.148. The Labute approximate surface area is 217 Å². The molecule has 0 aliphatic carbocycles. The van der Waals surface area contributed by atoms with Crippen molar-refractivity contribution in [2.45, 2.75) is 58.3 Å². The highest BCUT2D eigenvalue weighted by Gasteiger charge is 2.42. The molecule has 1 unspecified atom stereocenters. The molecule has 10 nitrogen and oxygen atoms in total. The first kappa shape index (κ1) is 29.7. The van der Waals surface area contributed by atoms with E-state index < -0.39 is 78.5 Å². The number of carbonyl (C=O) groups is 3. The third-order valence-corrected chi connectivity index (χ3v) is 5.61. The Kier molecular flexibility index (Phi) is 9.09. The Morgan fingerprint density at radius 2 is 1.74 bits per heavy atom. The average molecular weight is 566 g/mol. The van der Waals surface area contributed by atoms with Crippen LogP contribution in [0.4, 0.5) is 31.1 Å². The zero-order valence-electron chi connectivity index (χ0n) is 20.7. The van der Waals surface area contributed by atoms with Crippen LogP contribution in [0, 0.1) is 17.5 Å². The third kappa shape index (κ3) is 7.19. The van der Waals surface area contributed by atoms with E-state index in [9.17, 15) is 40.7 Å². The van der Waals surface area contributed by atoms with E-state index >= 15 is 0 Å². The van der Waals surface area contributed by atoms with E-state index in [2.05, 4.69) is 14.5 Å². The summed E-state index contributed by atoms with van der Waals surface area (Å²) in [5.41, 5.74) is 4.61. The first-order valence-electron chi connectivity index (χ1n) is 11.6. The van der Waals surface area contributed by atoms with Gasteiger partial charge in [-0.3, -0.25) is 4.79 Å². The van der Waals surface area contributed by atoms with Gasteiger partial charge in [0.05, 0.1) is 18.8 Å². The van der Waals surface area contributed by atoms with Gasteiger partial charge in [0.1, 0.15) is 5.82 Å². The van der Waals surface area contributed by atoms with Gasteiger partial charge in [-0.05, 0) is 25.0 Å². The minimum absolute atomic E-state index is 0.0355. The SMILES string of the molecule is CCOC(=O)OC(C)OC(=O)c1nc(C(F)(F)F)n2c1CN(C(=O)C[C@H](N)Cc1cc(F)c(F)cc1F)CC2. The summed E-state index contributed by atoms with van der Waals surface area (Å²) >= 11 is 0. The fourth-order valence-corrected chi connectivity index (χ4v) is 3.91. The van der Waals surface area contributed by atoms with Crippen LogP contribution in [0.5, 0.6) is 0 Å². The number of carbonyl (C=O) groups excluding carboxylic acids is 3. The molecule has 2 heterocycles. The Hall–Kier alpha value is -3.82. The quantitative estimate of drug-likeness (QED) is 0.223. The number of hydrogen-bond acceptors (Lipinski definition) is 8. The molecule has 1 aromatic heterocycles. The number of hydrogen-bond donors (Lipinski definition) is 1. The highest BCUT2D eigenvalue weighted by atomic mass is 19.4. The minimum Gasteiger partial charge on any atom is -0.435 e. The minimum atomic E-state index is -4.94. The monoisotopic (exact) mass is 566 g/mol. The molecule has 0 bridgehead atoms. The number of ether oxygens (including phenoxy) is 3. The highest BCUT2D eigenvalue weighted by molar-refractivity contribution is 5.89. The summed E-state index contributed by atoms with van der Waals surface area (Å²) in [5.74, 6) is -7.12. The van der Waals surface area contributed by atoms with Crippen molar-refractivity contribution < 1.29 is 54.9 Å². The lowest BCUT2D eigenvalue weighted by Crippen LogP contribution is -2.42. The second kappa shape index (κ2) is 11.9. The molecule has 0 fully saturated rings. The summed E-state index contributed by atoms with van der Waals surface area (Å²) < 4.78 is 96.1. The van der Waals surface area contributed by atoms with E-state index in [1.807, 2.05) is 0 Å². The van der Waals surface area contributed by atoms with E-state index in [1.54, 1.807) is 0 Å². The van der Waals surface area contributed by atoms with Gasteiger partial charge >= 0.3 is 18.3 Å². The molecular formula is C23H24F6N4O6. The molecule has 0 saturated carbocycles. The van der Waals surface area contributed by atoms with Crippen LogP contribution in [0.15, 0.2) is 12.1 Å². The van der Waals surface area contributed by atoms with Crippen molar-refractivity contribution in [2.75, 3.05) is 13.2 Å². The summed E-state index contributed by atoms with van der Waals surface area (Å²) in [4.78, 5) is 41.4. The molecule has 2 atom stereocenters. The van der Waals surface area contributed by atoms with Crippen molar-refractivity contribution in [2.24, 2.45) is 5.73 Å². The van der Waals surface area contributed by atoms with Gasteiger partial charge in [-0.1, -0.05) is 0 Å². The number of amides is 1. The molecule has 0 radical (unpaired) electrons. The molecule has 1 aliphatic heterocycles. The van der Waals surface area contributed by atoms with E-state index in [0.29, 0.717) is 12.1 Å². The van der Waals surface area contributed by atoms with Gasteiger partial charge in [0, 0.05) is 38.5 Å². The number of nitrogens with zero attached hydrogens (tertiary/aromatic N) is 3. The molecule has 2 aromatic rings. The summed E-state index contributed by atoms with van der Waals surface area (Å²) in [6, 6.07) is -0.0695. The van der Waals surface area contributed by atoms with Gasteiger partial charge in [-0.2, -0.15) is 13.2 Å². The molecule has 0 spiro atoms. The Morgan fingerprint density at radius 3 is 2.38 bits per heavy atom. The van der Waals surface area contributed by atoms with Gasteiger partial charge in [-0.15, -0.1) is 0 Å². The van der Waals surface area contributed by atoms with Crippen LogP contribution in [0.25, 0.3) is 0 Å². The van der Waals surface area contributed by atoms with E-state index in [4.69, 9.17) is 10.5 Å². The smallest absolute Gasteiger partial charge is 0.435 e. The van der Waals surface area contributed by atoms with Crippen LogP contribution in [-0.2, 0) is 44.7 Å². The van der Waals surface area contributed by atoms with Crippen LogP contribution < -0.4 is 5.73 Å². The van der Waals surface area contributed by atoms with E-state index in [1.165, 1.54) is 6.92 Å². The van der Waals surface area contributed by atoms with Crippen LogP contribution in [0.1, 0.15) is 47.8 Å². The lowest BCUT2D eigenvalue weighted by Gasteiger charge is -2.30. The number of esters is 1. The van der Waals surface area contributed by atoms with Crippen molar-refractivity contribution in [1.82, 2.24) is 14.5 Å². The van der Waals surface area contributed by atoms with Gasteiger partial charge in [-0.25, -0.2) is 27.7 Å². The normalized spacial score (nSPS) is 14.8. The molecule has 16 heteroatoms. The maximum Gasteiger partial charge on any atom is 0.511 e. The summed E-state index contributed by atoms with van der Waals surface area (Å²) in [6.07, 6.45) is -8.38. The molecule has 2 N–H and O–H groups in total. The highest BCUT2D eigenvalue weighted by Crippen LogP contribution is 2.33. The van der Waals surface area contributed by atoms with Crippen molar-refractivity contribution in [3.63, 3.8) is 0 Å². The van der Waals surface area contributed by atoms with Gasteiger partial charge in [0.15, 0.2) is 17.3 Å². The molecule has 1 aromatic carbocycles. The predicted molar refractivity (Wildman–Crippen MR) is 118 cm³/mol. The lowest BCUT2D eigenvalue weighted by atomic mass is 10.0. The average Bonchev–Trinajstić information content (AvgIpc) is 3.22. The Balaban J connectivity index is 1.75. The molecule has 1 amide bonds. The van der Waals surface area contributed by atoms with Gasteiger partial charge in [0.2, 0.25) is 18.0 Å². The van der Waals surface area contributed by atoms with Crippen LogP contribution >= 0.6 is 0 Å². The van der Waals surface area contributed by atoms with E-state index in [0.717, 1.165) is 16.4 Å². The largest absolute Gasteiger partial charge is 0.511 e. The molecule has 214 valence electrons. The van der Waals surface area contributed by atoms with Crippen molar-refractivity contribution in [3.05, 3.63) is 52.4 Å². The number of nitrogens with two attached hydrogens (primary N) is 1. The van der Waals surface area contributed by atoms with Crippen molar-refractivity contribution in [1.29, 1.82) is 0 Å². The summed E-state index contributed by atoms with van der Waals surface area (Å²) in [6.45, 7) is 1.54. The fourth-order valence-electron chi connectivity index (χ4n) is 3.91. The van der Waals surface area contributed by atoms with Gasteiger partial charge in [0.25, 0.3) is 0 Å². The molecule has 0 saturated heterocycles. The van der Waals surface area contributed by atoms with E-state index in [-0.39, 0.29) is 37.4 Å². The van der Waals surface area contributed by atoms with Crippen molar-refractivity contribution >= 4 is 18.0 Å². The fraction of sp³-hybridized carbons (Fsp3) is 0.478. The maximum atomic E-state index is 13.9. The second-order valence-corrected chi connectivity index (χ2v) is 8.50. The van der Waals surface area contributed by atoms with Crippen molar-refractivity contribution in [3.8, 4) is 0 Å². The number of benzene rings is 1. The Bertz CT molecular complexity index is 1250. The zero-order valence-corrected chi connectivity index (χ0v) is 20.7. The number of halogens is 6. The topological polar surface area (TPSA) is 126 Å². The third-order valence-electron chi connectivity index (χ3n) is 5.61. The molecule has 1 aliphatic rings. The molecular weight excluding hydrogens is 542 g/mol. The zero-order chi connectivity index (χ0) is 29.1. The number of fused-ring (bicyclic) bond motifs is 1. The van der Waals surface area contributed by atoms with Gasteiger partial charge < -0.3 is 29.4 Å². The first-order chi connectivity index (χ1) is 18.2. The number of aromatic nitrogens is 2. The summed E-state index contributed by atoms with van der Waals surface area (Å²) in [7, 11) is 0. The van der Waals surface area contributed by atoms with Crippen LogP contribution in [-0.4, -0.2) is 58.0 Å². The molecule has 3 rings (SSSR count). The summed E-state index contributed by atoms with van der Waals surface area (Å²) in [5, 5.41) is 0. The standard InChI is InChI=1S/C23H24F6N4O6/c1-3-37-22(36)39-11(2)38-20(35)19-17-10-32(4-5-33(17)21(31-19)23(27,28)29)18(34)8-13(30)6-12-7-15(25)16(26)9-14(12)24/h7,9,11,13H,3-6,8,10,30H2,1-2H3/t11?,13-/m1/s1. The van der Waals surface area contributed by atoms with Crippen LogP contribution in [0.2, 0.25) is 0 Å². The van der Waals surface area contributed by atoms with Crippen LogP contribution in [0.3, 0.4) is 0 Å².